The molecule has 1 fully saturated rings. The van der Waals surface area contributed by atoms with E-state index in [2.05, 4.69) is 22.9 Å². The van der Waals surface area contributed by atoms with Crippen LogP contribution in [-0.4, -0.2) is 28.0 Å². The van der Waals surface area contributed by atoms with Crippen molar-refractivity contribution in [2.24, 2.45) is 0 Å². The summed E-state index contributed by atoms with van der Waals surface area (Å²) in [6.45, 7) is 3.07. The molecule has 1 aromatic rings. The molecule has 19 heavy (non-hydrogen) atoms. The fourth-order valence-electron chi connectivity index (χ4n) is 2.62. The first-order chi connectivity index (χ1) is 9.11. The average Bonchev–Trinajstić information content (AvgIpc) is 2.42. The fraction of sp³-hybridized carbons (Fsp3) is 0.571. The number of pyridine rings is 1. The lowest BCUT2D eigenvalue weighted by Gasteiger charge is -2.35. The van der Waals surface area contributed by atoms with E-state index in [4.69, 9.17) is 0 Å². The van der Waals surface area contributed by atoms with Crippen molar-refractivity contribution in [2.45, 2.75) is 45.2 Å². The number of rotatable bonds is 3. The molecule has 5 heteroatoms. The van der Waals surface area contributed by atoms with Crippen LogP contribution in [0, 0.1) is 0 Å². The summed E-state index contributed by atoms with van der Waals surface area (Å²) >= 11 is 3.32. The number of hydrogen-bond donors (Lipinski definition) is 0. The average molecular weight is 327 g/mol. The summed E-state index contributed by atoms with van der Waals surface area (Å²) in [7, 11) is 0. The molecule has 1 amide bonds. The van der Waals surface area contributed by atoms with Gasteiger partial charge in [-0.3, -0.25) is 9.59 Å². The predicted molar refractivity (Wildman–Crippen MR) is 78.0 cm³/mol. The second-order valence-corrected chi connectivity index (χ2v) is 5.87. The summed E-state index contributed by atoms with van der Waals surface area (Å²) < 4.78 is 2.28. The molecule has 104 valence electrons. The van der Waals surface area contributed by atoms with Crippen LogP contribution in [0.3, 0.4) is 0 Å². The van der Waals surface area contributed by atoms with Crippen molar-refractivity contribution in [1.82, 2.24) is 9.47 Å². The Bertz CT molecular complexity index is 512. The molecule has 1 aliphatic rings. The minimum absolute atomic E-state index is 0.0479. The molecule has 0 spiro atoms. The molecule has 0 N–H and O–H groups in total. The van der Waals surface area contributed by atoms with Gasteiger partial charge in [-0.15, -0.1) is 0 Å². The molecule has 0 saturated carbocycles. The maximum absolute atomic E-state index is 12.4. The van der Waals surface area contributed by atoms with Crippen molar-refractivity contribution >= 4 is 21.8 Å². The van der Waals surface area contributed by atoms with E-state index in [0.29, 0.717) is 6.04 Å². The summed E-state index contributed by atoms with van der Waals surface area (Å²) in [6, 6.07) is 3.51. The lowest BCUT2D eigenvalue weighted by molar-refractivity contribution is -0.135. The quantitative estimate of drug-likeness (QED) is 0.856. The van der Waals surface area contributed by atoms with Gasteiger partial charge >= 0.3 is 0 Å². The number of likely N-dealkylation sites (tertiary alicyclic amines) is 1. The molecule has 1 unspecified atom stereocenters. The second kappa shape index (κ2) is 6.37. The van der Waals surface area contributed by atoms with Crippen LogP contribution in [-0.2, 0) is 11.3 Å². The van der Waals surface area contributed by atoms with Gasteiger partial charge in [0.05, 0.1) is 0 Å². The predicted octanol–water partition coefficient (Wildman–Crippen LogP) is 2.40. The van der Waals surface area contributed by atoms with Gasteiger partial charge < -0.3 is 9.47 Å². The Morgan fingerprint density at radius 1 is 1.42 bits per heavy atom. The first-order valence-electron chi connectivity index (χ1n) is 6.77. The van der Waals surface area contributed by atoms with E-state index in [1.165, 1.54) is 17.1 Å². The molecule has 2 heterocycles. The van der Waals surface area contributed by atoms with Crippen LogP contribution in [0.5, 0.6) is 0 Å². The summed E-state index contributed by atoms with van der Waals surface area (Å²) in [5.41, 5.74) is -0.137. The van der Waals surface area contributed by atoms with E-state index in [-0.39, 0.29) is 18.0 Å². The van der Waals surface area contributed by atoms with Crippen molar-refractivity contribution in [3.63, 3.8) is 0 Å². The molecule has 1 atom stereocenters. The lowest BCUT2D eigenvalue weighted by atomic mass is 10.00. The monoisotopic (exact) mass is 326 g/mol. The summed E-state index contributed by atoms with van der Waals surface area (Å²) in [6.07, 6.45) is 5.99. The van der Waals surface area contributed by atoms with E-state index >= 15 is 0 Å². The second-order valence-electron chi connectivity index (χ2n) is 4.96. The number of halogens is 1. The Labute approximate surface area is 121 Å². The zero-order chi connectivity index (χ0) is 13.8. The number of carbonyl (C=O) groups is 1. The first kappa shape index (κ1) is 14.3. The number of aromatic nitrogens is 1. The van der Waals surface area contributed by atoms with Crippen LogP contribution in [0.1, 0.15) is 32.6 Å². The standard InChI is InChI=1S/C14H19BrN2O2/c1-2-12-5-3-4-8-17(12)14(19)10-16-9-11(15)6-7-13(16)18/h6-7,9,12H,2-5,8,10H2,1H3. The molecule has 0 aliphatic carbocycles. The van der Waals surface area contributed by atoms with Gasteiger partial charge in [0.1, 0.15) is 6.54 Å². The van der Waals surface area contributed by atoms with E-state index in [9.17, 15) is 9.59 Å². The van der Waals surface area contributed by atoms with Crippen molar-refractivity contribution in [2.75, 3.05) is 6.54 Å². The summed E-state index contributed by atoms with van der Waals surface area (Å²) in [4.78, 5) is 26.0. The third-order valence-electron chi connectivity index (χ3n) is 3.67. The number of carbonyl (C=O) groups excluding carboxylic acids is 1. The minimum Gasteiger partial charge on any atom is -0.338 e. The SMILES string of the molecule is CCC1CCCCN1C(=O)Cn1cc(Br)ccc1=O. The highest BCUT2D eigenvalue weighted by Gasteiger charge is 2.25. The molecular formula is C14H19BrN2O2. The van der Waals surface area contributed by atoms with Crippen LogP contribution in [0.4, 0.5) is 0 Å². The van der Waals surface area contributed by atoms with Crippen LogP contribution < -0.4 is 5.56 Å². The van der Waals surface area contributed by atoms with Gasteiger partial charge in [-0.05, 0) is 47.7 Å². The molecule has 2 rings (SSSR count). The maximum atomic E-state index is 12.4. The van der Waals surface area contributed by atoms with E-state index in [1.807, 2.05) is 4.90 Å². The Hall–Kier alpha value is -1.10. The van der Waals surface area contributed by atoms with Crippen LogP contribution in [0.2, 0.25) is 0 Å². The number of amides is 1. The highest BCUT2D eigenvalue weighted by molar-refractivity contribution is 9.10. The van der Waals surface area contributed by atoms with Gasteiger partial charge in [-0.25, -0.2) is 0 Å². The first-order valence-corrected chi connectivity index (χ1v) is 7.56. The Balaban J connectivity index is 2.11. The molecule has 0 aromatic carbocycles. The molecule has 4 nitrogen and oxygen atoms in total. The third-order valence-corrected chi connectivity index (χ3v) is 4.14. The van der Waals surface area contributed by atoms with Gasteiger partial charge in [-0.1, -0.05) is 6.92 Å². The molecule has 1 aromatic heterocycles. The van der Waals surface area contributed by atoms with E-state index in [1.54, 1.807) is 12.3 Å². The summed E-state index contributed by atoms with van der Waals surface area (Å²) in [5.74, 6) is 0.0479. The number of piperidine rings is 1. The van der Waals surface area contributed by atoms with Crippen LogP contribution >= 0.6 is 15.9 Å². The zero-order valence-electron chi connectivity index (χ0n) is 11.1. The zero-order valence-corrected chi connectivity index (χ0v) is 12.7. The van der Waals surface area contributed by atoms with E-state index in [0.717, 1.165) is 30.3 Å². The smallest absolute Gasteiger partial charge is 0.251 e. The fourth-order valence-corrected chi connectivity index (χ4v) is 2.99. The molecule has 0 bridgehead atoms. The number of nitrogens with zero attached hydrogens (tertiary/aromatic N) is 2. The molecule has 0 radical (unpaired) electrons. The molecule has 1 aliphatic heterocycles. The van der Waals surface area contributed by atoms with Crippen molar-refractivity contribution < 1.29 is 4.79 Å². The molecule has 1 saturated heterocycles. The number of hydrogen-bond acceptors (Lipinski definition) is 2. The van der Waals surface area contributed by atoms with Crippen molar-refractivity contribution in [3.8, 4) is 0 Å². The van der Waals surface area contributed by atoms with Gasteiger partial charge in [0.25, 0.3) is 5.56 Å². The Morgan fingerprint density at radius 3 is 2.95 bits per heavy atom. The van der Waals surface area contributed by atoms with Crippen molar-refractivity contribution in [1.29, 1.82) is 0 Å². The van der Waals surface area contributed by atoms with Gasteiger partial charge in [0.15, 0.2) is 0 Å². The summed E-state index contributed by atoms with van der Waals surface area (Å²) in [5, 5.41) is 0. The highest BCUT2D eigenvalue weighted by atomic mass is 79.9. The largest absolute Gasteiger partial charge is 0.338 e. The lowest BCUT2D eigenvalue weighted by Crippen LogP contribution is -2.45. The third kappa shape index (κ3) is 3.47. The normalized spacial score (nSPS) is 19.5. The Morgan fingerprint density at radius 2 is 2.21 bits per heavy atom. The Kier molecular flexibility index (Phi) is 4.80. The van der Waals surface area contributed by atoms with Gasteiger partial charge in [-0.2, -0.15) is 0 Å². The molecular weight excluding hydrogens is 308 g/mol. The highest BCUT2D eigenvalue weighted by Crippen LogP contribution is 2.19. The van der Waals surface area contributed by atoms with Crippen molar-refractivity contribution in [3.05, 3.63) is 33.2 Å². The minimum atomic E-state index is -0.137. The van der Waals surface area contributed by atoms with Gasteiger partial charge in [0.2, 0.25) is 5.91 Å². The van der Waals surface area contributed by atoms with Gasteiger partial charge in [0, 0.05) is 29.3 Å². The topological polar surface area (TPSA) is 42.3 Å². The van der Waals surface area contributed by atoms with E-state index < -0.39 is 0 Å². The van der Waals surface area contributed by atoms with Crippen LogP contribution in [0.25, 0.3) is 0 Å². The maximum Gasteiger partial charge on any atom is 0.251 e. The van der Waals surface area contributed by atoms with Crippen LogP contribution in [0.15, 0.2) is 27.6 Å².